The van der Waals surface area contributed by atoms with Gasteiger partial charge in [-0.1, -0.05) is 56.9 Å². The van der Waals surface area contributed by atoms with Gasteiger partial charge < -0.3 is 14.2 Å². The summed E-state index contributed by atoms with van der Waals surface area (Å²) in [5.74, 6) is 0.620. The van der Waals surface area contributed by atoms with Crippen molar-refractivity contribution in [3.05, 3.63) is 54.1 Å². The molecule has 0 aromatic heterocycles. The van der Waals surface area contributed by atoms with Gasteiger partial charge in [-0.3, -0.25) is 0 Å². The minimum Gasteiger partial charge on any atom is -0.494 e. The second kappa shape index (κ2) is 13.8. The molecule has 0 bridgehead atoms. The van der Waals surface area contributed by atoms with Crippen molar-refractivity contribution in [2.75, 3.05) is 26.9 Å². The van der Waals surface area contributed by atoms with Crippen molar-refractivity contribution < 1.29 is 19.0 Å². The lowest BCUT2D eigenvalue weighted by Gasteiger charge is -2.08. The average Bonchev–Trinajstić information content (AvgIpc) is 2.76. The molecule has 4 heteroatoms. The molecule has 4 nitrogen and oxygen atoms in total. The molecule has 0 saturated carbocycles. The quantitative estimate of drug-likeness (QED) is 0.277. The zero-order chi connectivity index (χ0) is 20.7. The maximum Gasteiger partial charge on any atom is 0.338 e. The van der Waals surface area contributed by atoms with Crippen LogP contribution in [0.1, 0.15) is 62.2 Å². The van der Waals surface area contributed by atoms with E-state index in [0.29, 0.717) is 18.8 Å². The van der Waals surface area contributed by atoms with Crippen molar-refractivity contribution in [3.8, 4) is 16.9 Å². The van der Waals surface area contributed by atoms with E-state index in [1.807, 2.05) is 36.4 Å². The van der Waals surface area contributed by atoms with Crippen LogP contribution in [0.4, 0.5) is 0 Å². The number of esters is 1. The summed E-state index contributed by atoms with van der Waals surface area (Å²) in [6, 6.07) is 15.6. The van der Waals surface area contributed by atoms with E-state index in [0.717, 1.165) is 42.7 Å². The van der Waals surface area contributed by atoms with Crippen molar-refractivity contribution >= 4 is 5.97 Å². The summed E-state index contributed by atoms with van der Waals surface area (Å²) < 4.78 is 16.1. The Morgan fingerprint density at radius 3 is 1.97 bits per heavy atom. The van der Waals surface area contributed by atoms with Crippen molar-refractivity contribution in [2.45, 2.75) is 51.9 Å². The summed E-state index contributed by atoms with van der Waals surface area (Å²) in [6.07, 6.45) is 7.89. The smallest absolute Gasteiger partial charge is 0.338 e. The summed E-state index contributed by atoms with van der Waals surface area (Å²) in [4.78, 5) is 12.1. The third-order valence-electron chi connectivity index (χ3n) is 4.80. The van der Waals surface area contributed by atoms with Gasteiger partial charge in [-0.05, 0) is 54.7 Å². The van der Waals surface area contributed by atoms with Crippen LogP contribution in [0.3, 0.4) is 0 Å². The van der Waals surface area contributed by atoms with Crippen LogP contribution >= 0.6 is 0 Å². The van der Waals surface area contributed by atoms with Crippen LogP contribution in [-0.2, 0) is 9.47 Å². The lowest BCUT2D eigenvalue weighted by molar-refractivity contribution is 0.0489. The molecule has 0 spiro atoms. The molecular weight excluding hydrogens is 364 g/mol. The molecule has 2 aromatic rings. The van der Waals surface area contributed by atoms with Gasteiger partial charge >= 0.3 is 5.97 Å². The molecule has 29 heavy (non-hydrogen) atoms. The van der Waals surface area contributed by atoms with E-state index >= 15 is 0 Å². The number of methoxy groups -OCH3 is 1. The zero-order valence-corrected chi connectivity index (χ0v) is 17.8. The van der Waals surface area contributed by atoms with E-state index in [2.05, 4.69) is 19.1 Å². The van der Waals surface area contributed by atoms with E-state index in [9.17, 15) is 4.79 Å². The van der Waals surface area contributed by atoms with Crippen LogP contribution in [0.25, 0.3) is 11.1 Å². The van der Waals surface area contributed by atoms with Gasteiger partial charge in [0.2, 0.25) is 0 Å². The molecule has 0 aliphatic carbocycles. The molecule has 0 radical (unpaired) electrons. The molecule has 0 saturated heterocycles. The Morgan fingerprint density at radius 1 is 0.724 bits per heavy atom. The van der Waals surface area contributed by atoms with Gasteiger partial charge in [-0.15, -0.1) is 0 Å². The summed E-state index contributed by atoms with van der Waals surface area (Å²) in [6.45, 7) is 4.10. The first kappa shape index (κ1) is 23.0. The molecule has 2 rings (SSSR count). The monoisotopic (exact) mass is 398 g/mol. The lowest BCUT2D eigenvalue weighted by Crippen LogP contribution is -2.07. The second-order valence-corrected chi connectivity index (χ2v) is 7.20. The van der Waals surface area contributed by atoms with Crippen LogP contribution in [-0.4, -0.2) is 32.9 Å². The number of unbranched alkanes of at least 4 members (excludes halogenated alkanes) is 5. The van der Waals surface area contributed by atoms with Crippen molar-refractivity contribution in [2.24, 2.45) is 0 Å². The third kappa shape index (κ3) is 8.70. The van der Waals surface area contributed by atoms with Gasteiger partial charge in [0.25, 0.3) is 0 Å². The number of hydrogen-bond donors (Lipinski definition) is 0. The molecule has 0 aliphatic heterocycles. The van der Waals surface area contributed by atoms with Crippen LogP contribution in [0.15, 0.2) is 48.5 Å². The fraction of sp³-hybridized carbons (Fsp3) is 0.480. The number of carbonyl (C=O) groups excluding carboxylic acids is 1. The third-order valence-corrected chi connectivity index (χ3v) is 4.80. The Labute approximate surface area is 175 Å². The normalized spacial score (nSPS) is 10.7. The molecular formula is C25H34O4. The Balaban J connectivity index is 1.78. The van der Waals surface area contributed by atoms with Gasteiger partial charge in [0.15, 0.2) is 0 Å². The number of ether oxygens (including phenoxy) is 3. The summed E-state index contributed by atoms with van der Waals surface area (Å²) >= 11 is 0. The van der Waals surface area contributed by atoms with Crippen LogP contribution < -0.4 is 4.74 Å². The number of hydrogen-bond acceptors (Lipinski definition) is 4. The molecule has 158 valence electrons. The Bertz CT molecular complexity index is 692. The minimum atomic E-state index is -0.281. The maximum absolute atomic E-state index is 12.1. The molecule has 0 N–H and O–H groups in total. The lowest BCUT2D eigenvalue weighted by atomic mass is 10.0. The largest absolute Gasteiger partial charge is 0.494 e. The maximum atomic E-state index is 12.1. The highest BCUT2D eigenvalue weighted by Crippen LogP contribution is 2.23. The van der Waals surface area contributed by atoms with Gasteiger partial charge in [0.05, 0.1) is 18.8 Å². The van der Waals surface area contributed by atoms with Crippen molar-refractivity contribution in [3.63, 3.8) is 0 Å². The fourth-order valence-corrected chi connectivity index (χ4v) is 3.03. The Morgan fingerprint density at radius 2 is 1.31 bits per heavy atom. The summed E-state index contributed by atoms with van der Waals surface area (Å²) in [5.41, 5.74) is 2.73. The summed E-state index contributed by atoms with van der Waals surface area (Å²) in [7, 11) is 1.67. The predicted octanol–water partition coefficient (Wildman–Crippen LogP) is 6.29. The number of carbonyl (C=O) groups is 1. The standard InChI is InChI=1S/C25H34O4/c1-3-4-5-6-7-19-28-24-16-14-22(15-17-24)21-10-12-23(13-11-21)25(26)29-20-9-8-18-27-2/h10-17H,3-9,18-20H2,1-2H3. The van der Waals surface area contributed by atoms with Crippen molar-refractivity contribution in [1.29, 1.82) is 0 Å². The van der Waals surface area contributed by atoms with Gasteiger partial charge in [-0.25, -0.2) is 4.79 Å². The molecule has 0 unspecified atom stereocenters. The van der Waals surface area contributed by atoms with E-state index in [1.165, 1.54) is 25.7 Å². The van der Waals surface area contributed by atoms with Gasteiger partial charge in [-0.2, -0.15) is 0 Å². The molecule has 0 amide bonds. The first-order chi connectivity index (χ1) is 14.2. The first-order valence-corrected chi connectivity index (χ1v) is 10.7. The predicted molar refractivity (Wildman–Crippen MR) is 118 cm³/mol. The zero-order valence-electron chi connectivity index (χ0n) is 17.8. The highest BCUT2D eigenvalue weighted by atomic mass is 16.5. The van der Waals surface area contributed by atoms with Crippen LogP contribution in [0.2, 0.25) is 0 Å². The summed E-state index contributed by atoms with van der Waals surface area (Å²) in [5, 5.41) is 0. The number of rotatable bonds is 14. The molecule has 0 heterocycles. The Hall–Kier alpha value is -2.33. The molecule has 0 atom stereocenters. The first-order valence-electron chi connectivity index (χ1n) is 10.7. The average molecular weight is 399 g/mol. The van der Waals surface area contributed by atoms with E-state index < -0.39 is 0 Å². The topological polar surface area (TPSA) is 44.8 Å². The second-order valence-electron chi connectivity index (χ2n) is 7.20. The molecule has 2 aromatic carbocycles. The molecule has 0 aliphatic rings. The number of benzene rings is 2. The van der Waals surface area contributed by atoms with E-state index in [1.54, 1.807) is 7.11 Å². The highest BCUT2D eigenvalue weighted by molar-refractivity contribution is 5.90. The van der Waals surface area contributed by atoms with Gasteiger partial charge in [0.1, 0.15) is 5.75 Å². The highest BCUT2D eigenvalue weighted by Gasteiger charge is 2.07. The van der Waals surface area contributed by atoms with Crippen LogP contribution in [0.5, 0.6) is 5.75 Å². The van der Waals surface area contributed by atoms with Crippen molar-refractivity contribution in [1.82, 2.24) is 0 Å². The SMILES string of the molecule is CCCCCCCOc1ccc(-c2ccc(C(=O)OCCCCOC)cc2)cc1. The fourth-order valence-electron chi connectivity index (χ4n) is 3.03. The van der Waals surface area contributed by atoms with Gasteiger partial charge in [0, 0.05) is 13.7 Å². The van der Waals surface area contributed by atoms with Crippen LogP contribution in [0, 0.1) is 0 Å². The van der Waals surface area contributed by atoms with E-state index in [4.69, 9.17) is 14.2 Å². The Kier molecular flexibility index (Phi) is 10.9. The van der Waals surface area contributed by atoms with E-state index in [-0.39, 0.29) is 5.97 Å². The molecule has 0 fully saturated rings. The minimum absolute atomic E-state index is 0.281.